The summed E-state index contributed by atoms with van der Waals surface area (Å²) in [4.78, 5) is 23.1. The molecule has 0 saturated heterocycles. The molecule has 0 fully saturated rings. The fourth-order valence-electron chi connectivity index (χ4n) is 3.03. The third kappa shape index (κ3) is 4.78. The van der Waals surface area contributed by atoms with E-state index in [4.69, 9.17) is 0 Å². The minimum atomic E-state index is -0.0505. The molecule has 25 heavy (non-hydrogen) atoms. The number of carbonyl (C=O) groups is 1. The predicted octanol–water partition coefficient (Wildman–Crippen LogP) is 4.41. The molecule has 0 spiro atoms. The van der Waals surface area contributed by atoms with E-state index in [-0.39, 0.29) is 5.91 Å². The Morgan fingerprint density at radius 3 is 2.08 bits per heavy atom. The van der Waals surface area contributed by atoms with Crippen LogP contribution in [0.5, 0.6) is 0 Å². The standard InChI is InChI=1S/C20H28N4O/c1-6-8-24(9-7-2)20(25)17-12-22-18(13-21-17)23-19-15(4)10-14(3)11-16(19)5/h10-13H,6-9H2,1-5H3,(H,22,23). The van der Waals surface area contributed by atoms with Crippen molar-refractivity contribution in [2.24, 2.45) is 0 Å². The van der Waals surface area contributed by atoms with Gasteiger partial charge in [0, 0.05) is 18.8 Å². The Labute approximate surface area is 150 Å². The maximum atomic E-state index is 12.5. The Morgan fingerprint density at radius 2 is 1.60 bits per heavy atom. The summed E-state index contributed by atoms with van der Waals surface area (Å²) in [6, 6.07) is 4.27. The summed E-state index contributed by atoms with van der Waals surface area (Å²) in [6.07, 6.45) is 5.06. The van der Waals surface area contributed by atoms with Crippen molar-refractivity contribution in [3.05, 3.63) is 46.9 Å². The van der Waals surface area contributed by atoms with Crippen LogP contribution < -0.4 is 5.32 Å². The first kappa shape index (κ1) is 18.9. The van der Waals surface area contributed by atoms with Gasteiger partial charge in [0.25, 0.3) is 5.91 Å². The summed E-state index contributed by atoms with van der Waals surface area (Å²) in [7, 11) is 0. The molecule has 0 atom stereocenters. The number of amides is 1. The Bertz CT molecular complexity index is 696. The van der Waals surface area contributed by atoms with E-state index in [1.165, 1.54) is 5.56 Å². The summed E-state index contributed by atoms with van der Waals surface area (Å²) < 4.78 is 0. The third-order valence-electron chi connectivity index (χ3n) is 4.08. The van der Waals surface area contributed by atoms with Gasteiger partial charge in [-0.2, -0.15) is 0 Å². The minimum absolute atomic E-state index is 0.0505. The quantitative estimate of drug-likeness (QED) is 0.811. The van der Waals surface area contributed by atoms with E-state index in [0.29, 0.717) is 11.5 Å². The molecule has 0 unspecified atom stereocenters. The molecule has 0 saturated carbocycles. The van der Waals surface area contributed by atoms with Crippen LogP contribution in [0, 0.1) is 20.8 Å². The van der Waals surface area contributed by atoms with Gasteiger partial charge in [-0.15, -0.1) is 0 Å². The fraction of sp³-hybridized carbons (Fsp3) is 0.450. The molecule has 1 amide bonds. The lowest BCUT2D eigenvalue weighted by molar-refractivity contribution is 0.0749. The van der Waals surface area contributed by atoms with Gasteiger partial charge >= 0.3 is 0 Å². The molecule has 0 aliphatic heterocycles. The minimum Gasteiger partial charge on any atom is -0.339 e. The zero-order valence-electron chi connectivity index (χ0n) is 15.9. The van der Waals surface area contributed by atoms with Gasteiger partial charge in [0.05, 0.1) is 12.4 Å². The van der Waals surface area contributed by atoms with Crippen LogP contribution in [-0.4, -0.2) is 33.9 Å². The maximum absolute atomic E-state index is 12.5. The number of anilines is 2. The van der Waals surface area contributed by atoms with Crippen molar-refractivity contribution in [3.63, 3.8) is 0 Å². The van der Waals surface area contributed by atoms with Crippen LogP contribution in [0.25, 0.3) is 0 Å². The normalized spacial score (nSPS) is 10.6. The molecule has 2 aromatic rings. The van der Waals surface area contributed by atoms with Crippen LogP contribution in [0.4, 0.5) is 11.5 Å². The number of aromatic nitrogens is 2. The second-order valence-electron chi connectivity index (χ2n) is 6.48. The number of benzene rings is 1. The lowest BCUT2D eigenvalue weighted by atomic mass is 10.1. The van der Waals surface area contributed by atoms with Crippen molar-refractivity contribution < 1.29 is 4.79 Å². The van der Waals surface area contributed by atoms with Crippen LogP contribution in [0.15, 0.2) is 24.5 Å². The van der Waals surface area contributed by atoms with Gasteiger partial charge in [0.1, 0.15) is 11.5 Å². The van der Waals surface area contributed by atoms with Crippen molar-refractivity contribution in [1.29, 1.82) is 0 Å². The third-order valence-corrected chi connectivity index (χ3v) is 4.08. The van der Waals surface area contributed by atoms with E-state index in [1.807, 2.05) is 4.90 Å². The van der Waals surface area contributed by atoms with Crippen molar-refractivity contribution in [1.82, 2.24) is 14.9 Å². The summed E-state index contributed by atoms with van der Waals surface area (Å²) in [5.41, 5.74) is 5.00. The topological polar surface area (TPSA) is 58.1 Å². The highest BCUT2D eigenvalue weighted by Crippen LogP contribution is 2.24. The highest BCUT2D eigenvalue weighted by atomic mass is 16.2. The van der Waals surface area contributed by atoms with Crippen LogP contribution in [0.1, 0.15) is 53.9 Å². The highest BCUT2D eigenvalue weighted by molar-refractivity contribution is 5.92. The molecule has 1 aromatic carbocycles. The van der Waals surface area contributed by atoms with Gasteiger partial charge in [-0.3, -0.25) is 4.79 Å². The second kappa shape index (κ2) is 8.60. The van der Waals surface area contributed by atoms with Gasteiger partial charge in [-0.05, 0) is 44.7 Å². The van der Waals surface area contributed by atoms with E-state index in [0.717, 1.165) is 42.7 Å². The SMILES string of the molecule is CCCN(CCC)C(=O)c1cnc(Nc2c(C)cc(C)cc2C)cn1. The summed E-state index contributed by atoms with van der Waals surface area (Å²) in [6.45, 7) is 11.9. The van der Waals surface area contributed by atoms with Crippen LogP contribution >= 0.6 is 0 Å². The van der Waals surface area contributed by atoms with Crippen molar-refractivity contribution in [3.8, 4) is 0 Å². The average molecular weight is 340 g/mol. The molecule has 5 nitrogen and oxygen atoms in total. The number of carbonyl (C=O) groups excluding carboxylic acids is 1. The smallest absolute Gasteiger partial charge is 0.274 e. The van der Waals surface area contributed by atoms with E-state index in [1.54, 1.807) is 12.4 Å². The Hall–Kier alpha value is -2.43. The molecule has 0 aliphatic carbocycles. The molecule has 1 heterocycles. The van der Waals surface area contributed by atoms with E-state index < -0.39 is 0 Å². The first-order valence-corrected chi connectivity index (χ1v) is 8.92. The highest BCUT2D eigenvalue weighted by Gasteiger charge is 2.16. The first-order chi connectivity index (χ1) is 12.0. The van der Waals surface area contributed by atoms with Crippen molar-refractivity contribution >= 4 is 17.4 Å². The van der Waals surface area contributed by atoms with Gasteiger partial charge in [0.15, 0.2) is 0 Å². The Morgan fingerprint density at radius 1 is 1.00 bits per heavy atom. The molecule has 0 radical (unpaired) electrons. The number of nitrogens with one attached hydrogen (secondary N) is 1. The molecule has 2 rings (SSSR count). The summed E-state index contributed by atoms with van der Waals surface area (Å²) >= 11 is 0. The number of hydrogen-bond donors (Lipinski definition) is 1. The largest absolute Gasteiger partial charge is 0.339 e. The molecular weight excluding hydrogens is 312 g/mol. The molecule has 134 valence electrons. The Kier molecular flexibility index (Phi) is 6.51. The number of hydrogen-bond acceptors (Lipinski definition) is 4. The molecule has 0 aliphatic rings. The first-order valence-electron chi connectivity index (χ1n) is 8.92. The van der Waals surface area contributed by atoms with Gasteiger partial charge in [-0.1, -0.05) is 31.5 Å². The van der Waals surface area contributed by atoms with Gasteiger partial charge < -0.3 is 10.2 Å². The van der Waals surface area contributed by atoms with E-state index in [9.17, 15) is 4.79 Å². The second-order valence-corrected chi connectivity index (χ2v) is 6.48. The zero-order chi connectivity index (χ0) is 18.4. The van der Waals surface area contributed by atoms with Gasteiger partial charge in [-0.25, -0.2) is 9.97 Å². The summed E-state index contributed by atoms with van der Waals surface area (Å²) in [5.74, 6) is 0.592. The number of rotatable bonds is 7. The molecule has 1 N–H and O–H groups in total. The number of aryl methyl sites for hydroxylation is 3. The van der Waals surface area contributed by atoms with Crippen LogP contribution in [-0.2, 0) is 0 Å². The molecular formula is C20H28N4O. The summed E-state index contributed by atoms with van der Waals surface area (Å²) in [5, 5.41) is 3.31. The number of nitrogens with zero attached hydrogens (tertiary/aromatic N) is 3. The monoisotopic (exact) mass is 340 g/mol. The molecule has 1 aromatic heterocycles. The van der Waals surface area contributed by atoms with Crippen molar-refractivity contribution in [2.45, 2.75) is 47.5 Å². The molecule has 0 bridgehead atoms. The van der Waals surface area contributed by atoms with Crippen LogP contribution in [0.3, 0.4) is 0 Å². The van der Waals surface area contributed by atoms with Crippen LogP contribution in [0.2, 0.25) is 0 Å². The predicted molar refractivity (Wildman–Crippen MR) is 102 cm³/mol. The lowest BCUT2D eigenvalue weighted by Crippen LogP contribution is -2.33. The van der Waals surface area contributed by atoms with Gasteiger partial charge in [0.2, 0.25) is 0 Å². The Balaban J connectivity index is 2.16. The van der Waals surface area contributed by atoms with E-state index >= 15 is 0 Å². The van der Waals surface area contributed by atoms with Crippen molar-refractivity contribution in [2.75, 3.05) is 18.4 Å². The lowest BCUT2D eigenvalue weighted by Gasteiger charge is -2.20. The maximum Gasteiger partial charge on any atom is 0.274 e. The average Bonchev–Trinajstić information content (AvgIpc) is 2.58. The van der Waals surface area contributed by atoms with E-state index in [2.05, 4.69) is 62.0 Å². The molecule has 5 heteroatoms. The fourth-order valence-corrected chi connectivity index (χ4v) is 3.03. The zero-order valence-corrected chi connectivity index (χ0v) is 15.9.